The van der Waals surface area contributed by atoms with Crippen molar-refractivity contribution in [3.63, 3.8) is 0 Å². The number of aliphatic hydroxyl groups is 1. The zero-order valence-electron chi connectivity index (χ0n) is 19.2. The molecule has 2 atom stereocenters. The number of rotatable bonds is 3. The fraction of sp³-hybridized carbons (Fsp3) is 0.250. The van der Waals surface area contributed by atoms with E-state index in [9.17, 15) is 14.7 Å². The lowest BCUT2D eigenvalue weighted by molar-refractivity contribution is -0.153. The fourth-order valence-electron chi connectivity index (χ4n) is 3.89. The highest BCUT2D eigenvalue weighted by molar-refractivity contribution is 6.02. The molecule has 2 amide bonds. The number of aryl methyl sites for hydroxylation is 1. The average Bonchev–Trinajstić information content (AvgIpc) is 3.40. The number of nitrogens with zero attached hydrogens (tertiary/aromatic N) is 6. The summed E-state index contributed by atoms with van der Waals surface area (Å²) in [6.45, 7) is 4.84. The van der Waals surface area contributed by atoms with Crippen LogP contribution in [0.3, 0.4) is 0 Å². The number of amides is 2. The Morgan fingerprint density at radius 1 is 1.29 bits per heavy atom. The second-order valence-corrected chi connectivity index (χ2v) is 8.45. The molecular formula is C24H21N7O4. The second-order valence-electron chi connectivity index (χ2n) is 8.45. The summed E-state index contributed by atoms with van der Waals surface area (Å²) in [5.74, 6) is 6.06. The molecule has 11 nitrogen and oxygen atoms in total. The molecule has 5 rings (SSSR count). The highest BCUT2D eigenvalue weighted by Crippen LogP contribution is 2.33. The van der Waals surface area contributed by atoms with Gasteiger partial charge in [-0.05, 0) is 38.1 Å². The number of aromatic nitrogens is 5. The topological polar surface area (TPSA) is 153 Å². The van der Waals surface area contributed by atoms with Crippen LogP contribution in [-0.4, -0.2) is 53.0 Å². The molecule has 0 radical (unpaired) electrons. The van der Waals surface area contributed by atoms with Crippen LogP contribution in [0.1, 0.15) is 42.6 Å². The van der Waals surface area contributed by atoms with Gasteiger partial charge in [0, 0.05) is 31.3 Å². The van der Waals surface area contributed by atoms with Crippen molar-refractivity contribution in [1.82, 2.24) is 29.6 Å². The number of β-lactam (4-membered cyclic amide) rings is 1. The molecule has 1 fully saturated rings. The summed E-state index contributed by atoms with van der Waals surface area (Å²) in [5.41, 5.74) is 6.44. The van der Waals surface area contributed by atoms with Crippen LogP contribution in [0.4, 0.5) is 5.95 Å². The van der Waals surface area contributed by atoms with Gasteiger partial charge in [-0.2, -0.15) is 4.98 Å². The van der Waals surface area contributed by atoms with E-state index >= 15 is 0 Å². The number of imidazole rings is 1. The maximum atomic E-state index is 12.7. The average molecular weight is 471 g/mol. The van der Waals surface area contributed by atoms with Gasteiger partial charge in [0.25, 0.3) is 0 Å². The molecule has 3 aromatic heterocycles. The Bertz CT molecular complexity index is 1560. The lowest BCUT2D eigenvalue weighted by atomic mass is 9.97. The van der Waals surface area contributed by atoms with Gasteiger partial charge in [0.05, 0.1) is 11.0 Å². The van der Waals surface area contributed by atoms with Crippen LogP contribution in [0.25, 0.3) is 16.9 Å². The molecule has 4 aromatic rings. The summed E-state index contributed by atoms with van der Waals surface area (Å²) in [5, 5.41) is 14.6. The minimum Gasteiger partial charge on any atom is -0.372 e. The van der Waals surface area contributed by atoms with Gasteiger partial charge in [0.15, 0.2) is 5.60 Å². The Labute approximate surface area is 199 Å². The van der Waals surface area contributed by atoms with E-state index in [0.717, 1.165) is 0 Å². The highest BCUT2D eigenvalue weighted by Gasteiger charge is 2.43. The largest absolute Gasteiger partial charge is 0.372 e. The Hall–Kier alpha value is -4.56. The number of carbonyl (C=O) groups excluding carboxylic acids is 2. The summed E-state index contributed by atoms with van der Waals surface area (Å²) in [6, 6.07) is 8.60. The summed E-state index contributed by atoms with van der Waals surface area (Å²) in [6.07, 6.45) is 1.51. The maximum Gasteiger partial charge on any atom is 0.241 e. The summed E-state index contributed by atoms with van der Waals surface area (Å²) in [4.78, 5) is 38.5. The zero-order chi connectivity index (χ0) is 24.9. The van der Waals surface area contributed by atoms with Crippen molar-refractivity contribution in [3.05, 3.63) is 59.4 Å². The molecule has 2 unspecified atom stereocenters. The normalized spacial score (nSPS) is 17.0. The van der Waals surface area contributed by atoms with Crippen molar-refractivity contribution in [3.8, 4) is 17.7 Å². The highest BCUT2D eigenvalue weighted by atomic mass is 16.5. The van der Waals surface area contributed by atoms with E-state index in [-0.39, 0.29) is 24.3 Å². The first kappa shape index (κ1) is 22.2. The van der Waals surface area contributed by atoms with Gasteiger partial charge in [-0.1, -0.05) is 17.0 Å². The Balaban J connectivity index is 1.61. The van der Waals surface area contributed by atoms with Crippen molar-refractivity contribution in [2.45, 2.75) is 32.3 Å². The van der Waals surface area contributed by atoms with Crippen LogP contribution in [-0.2, 0) is 15.2 Å². The first-order valence-corrected chi connectivity index (χ1v) is 10.8. The first-order valence-electron chi connectivity index (χ1n) is 10.8. The quantitative estimate of drug-likeness (QED) is 0.334. The third-order valence-electron chi connectivity index (χ3n) is 5.77. The van der Waals surface area contributed by atoms with Gasteiger partial charge in [-0.15, -0.1) is 0 Å². The standard InChI is InChI=1S/C24H21N7O4/c1-13-10-19(29-35-13)24(3,34)8-6-15-4-5-17-18(11-15)31(20-7-9-26-23(25)28-20)21(27-17)16-12-30(14(2)32)22(16)33/h4-5,7,9-11,16,34H,12H2,1-3H3,(H2,25,26,28). The van der Waals surface area contributed by atoms with Gasteiger partial charge in [-0.3, -0.25) is 19.1 Å². The van der Waals surface area contributed by atoms with Crippen molar-refractivity contribution in [1.29, 1.82) is 0 Å². The van der Waals surface area contributed by atoms with E-state index in [1.807, 2.05) is 0 Å². The predicted octanol–water partition coefficient (Wildman–Crippen LogP) is 1.43. The van der Waals surface area contributed by atoms with Gasteiger partial charge >= 0.3 is 0 Å². The van der Waals surface area contributed by atoms with Crippen LogP contribution in [0.15, 0.2) is 41.1 Å². The zero-order valence-corrected chi connectivity index (χ0v) is 19.2. The fourth-order valence-corrected chi connectivity index (χ4v) is 3.89. The van der Waals surface area contributed by atoms with E-state index in [0.29, 0.717) is 39.7 Å². The van der Waals surface area contributed by atoms with Crippen LogP contribution in [0, 0.1) is 18.8 Å². The van der Waals surface area contributed by atoms with Gasteiger partial charge in [-0.25, -0.2) is 9.97 Å². The Kier molecular flexibility index (Phi) is 5.11. The van der Waals surface area contributed by atoms with Crippen molar-refractivity contribution in [2.75, 3.05) is 12.3 Å². The molecular weight excluding hydrogens is 450 g/mol. The van der Waals surface area contributed by atoms with E-state index < -0.39 is 11.5 Å². The molecule has 0 aliphatic carbocycles. The molecule has 176 valence electrons. The number of hydrogen-bond acceptors (Lipinski definition) is 9. The molecule has 0 bridgehead atoms. The molecule has 4 heterocycles. The number of nitrogens with two attached hydrogens (primary N) is 1. The Morgan fingerprint density at radius 2 is 2.09 bits per heavy atom. The molecule has 3 N–H and O–H groups in total. The monoisotopic (exact) mass is 471 g/mol. The molecule has 0 saturated carbocycles. The number of likely N-dealkylation sites (tertiary alicyclic amines) is 1. The van der Waals surface area contributed by atoms with Crippen molar-refractivity contribution >= 4 is 28.8 Å². The van der Waals surface area contributed by atoms with Crippen LogP contribution >= 0.6 is 0 Å². The van der Waals surface area contributed by atoms with Gasteiger partial charge < -0.3 is 15.4 Å². The van der Waals surface area contributed by atoms with E-state index in [4.69, 9.17) is 10.3 Å². The minimum absolute atomic E-state index is 0.0653. The van der Waals surface area contributed by atoms with Crippen molar-refractivity contribution < 1.29 is 19.2 Å². The number of imide groups is 1. The number of carbonyl (C=O) groups is 2. The van der Waals surface area contributed by atoms with Crippen LogP contribution in [0.2, 0.25) is 0 Å². The molecule has 1 saturated heterocycles. The SMILES string of the molecule is CC(=O)N1CC(c2nc3ccc(C#CC(C)(O)c4cc(C)on4)cc3n2-c2ccnc(N)n2)C1=O. The lowest BCUT2D eigenvalue weighted by Gasteiger charge is -2.35. The number of hydrogen-bond donors (Lipinski definition) is 2. The smallest absolute Gasteiger partial charge is 0.241 e. The second kappa shape index (κ2) is 8.03. The molecule has 0 spiro atoms. The molecule has 35 heavy (non-hydrogen) atoms. The number of nitrogen functional groups attached to an aromatic ring is 1. The molecule has 1 aliphatic heterocycles. The van der Waals surface area contributed by atoms with Gasteiger partial charge in [0.1, 0.15) is 29.0 Å². The third kappa shape index (κ3) is 3.89. The van der Waals surface area contributed by atoms with Gasteiger partial charge in [0.2, 0.25) is 17.8 Å². The summed E-state index contributed by atoms with van der Waals surface area (Å²) < 4.78 is 6.76. The number of benzene rings is 1. The van der Waals surface area contributed by atoms with Crippen LogP contribution < -0.4 is 5.73 Å². The summed E-state index contributed by atoms with van der Waals surface area (Å²) in [7, 11) is 0. The number of anilines is 1. The Morgan fingerprint density at radius 3 is 2.74 bits per heavy atom. The summed E-state index contributed by atoms with van der Waals surface area (Å²) >= 11 is 0. The van der Waals surface area contributed by atoms with E-state index in [1.165, 1.54) is 24.9 Å². The van der Waals surface area contributed by atoms with Crippen molar-refractivity contribution in [2.24, 2.45) is 0 Å². The number of fused-ring (bicyclic) bond motifs is 1. The first-order chi connectivity index (χ1) is 16.6. The van der Waals surface area contributed by atoms with E-state index in [2.05, 4.69) is 31.9 Å². The van der Waals surface area contributed by atoms with Crippen LogP contribution in [0.5, 0.6) is 0 Å². The third-order valence-corrected chi connectivity index (χ3v) is 5.77. The minimum atomic E-state index is -1.52. The molecule has 1 aromatic carbocycles. The van der Waals surface area contributed by atoms with E-state index in [1.54, 1.807) is 41.8 Å². The lowest BCUT2D eigenvalue weighted by Crippen LogP contribution is -2.53. The predicted molar refractivity (Wildman–Crippen MR) is 124 cm³/mol. The molecule has 1 aliphatic rings. The maximum absolute atomic E-state index is 12.7. The molecule has 11 heteroatoms.